The van der Waals surface area contributed by atoms with E-state index in [1.807, 2.05) is 6.92 Å². The van der Waals surface area contributed by atoms with E-state index in [1.54, 1.807) is 6.92 Å². The molecule has 1 N–H and O–H groups in total. The molecule has 6 nitrogen and oxygen atoms in total. The SMILES string of the molecule is CCCc1nc(C)c(C(=O)Nc2nc(CC3CC3)ns2)o1. The maximum absolute atomic E-state index is 12.2. The molecule has 0 bridgehead atoms. The fourth-order valence-corrected chi connectivity index (χ4v) is 2.70. The maximum atomic E-state index is 12.2. The first kappa shape index (κ1) is 14.2. The van der Waals surface area contributed by atoms with E-state index in [4.69, 9.17) is 4.42 Å². The lowest BCUT2D eigenvalue weighted by Gasteiger charge is -1.97. The predicted molar refractivity (Wildman–Crippen MR) is 79.5 cm³/mol. The summed E-state index contributed by atoms with van der Waals surface area (Å²) in [5.74, 6) is 2.11. The third kappa shape index (κ3) is 3.47. The summed E-state index contributed by atoms with van der Waals surface area (Å²) in [7, 11) is 0. The largest absolute Gasteiger partial charge is 0.435 e. The van der Waals surface area contributed by atoms with Gasteiger partial charge >= 0.3 is 0 Å². The highest BCUT2D eigenvalue weighted by molar-refractivity contribution is 7.09. The lowest BCUT2D eigenvalue weighted by Crippen LogP contribution is -2.12. The van der Waals surface area contributed by atoms with Crippen molar-refractivity contribution in [2.75, 3.05) is 5.32 Å². The quantitative estimate of drug-likeness (QED) is 0.887. The van der Waals surface area contributed by atoms with E-state index in [-0.39, 0.29) is 11.7 Å². The molecule has 0 radical (unpaired) electrons. The predicted octanol–water partition coefficient (Wildman–Crippen LogP) is 2.99. The van der Waals surface area contributed by atoms with Gasteiger partial charge in [-0.05, 0) is 32.1 Å². The fourth-order valence-electron chi connectivity index (χ4n) is 2.11. The van der Waals surface area contributed by atoms with E-state index in [0.717, 1.165) is 31.0 Å². The number of nitrogens with one attached hydrogen (secondary N) is 1. The molecule has 2 aromatic heterocycles. The topological polar surface area (TPSA) is 80.9 Å². The molecule has 0 aromatic carbocycles. The van der Waals surface area contributed by atoms with Crippen LogP contribution in [0.5, 0.6) is 0 Å². The Morgan fingerprint density at radius 3 is 2.95 bits per heavy atom. The van der Waals surface area contributed by atoms with Gasteiger partial charge in [0.05, 0.1) is 5.69 Å². The number of hydrogen-bond acceptors (Lipinski definition) is 6. The summed E-state index contributed by atoms with van der Waals surface area (Å²) >= 11 is 1.21. The van der Waals surface area contributed by atoms with Gasteiger partial charge in [0.1, 0.15) is 5.82 Å². The van der Waals surface area contributed by atoms with Crippen LogP contribution >= 0.6 is 11.5 Å². The van der Waals surface area contributed by atoms with E-state index < -0.39 is 0 Å². The Labute approximate surface area is 127 Å². The average molecular weight is 306 g/mol. The summed E-state index contributed by atoms with van der Waals surface area (Å²) < 4.78 is 9.77. The molecule has 2 aromatic rings. The van der Waals surface area contributed by atoms with Crippen LogP contribution in [0.3, 0.4) is 0 Å². The molecule has 2 heterocycles. The summed E-state index contributed by atoms with van der Waals surface area (Å²) in [6.07, 6.45) is 5.10. The lowest BCUT2D eigenvalue weighted by molar-refractivity contribution is 0.0994. The number of aromatic nitrogens is 3. The van der Waals surface area contributed by atoms with Crippen LogP contribution in [0.25, 0.3) is 0 Å². The molecule has 21 heavy (non-hydrogen) atoms. The van der Waals surface area contributed by atoms with Gasteiger partial charge < -0.3 is 4.42 Å². The van der Waals surface area contributed by atoms with Gasteiger partial charge in [-0.25, -0.2) is 9.97 Å². The van der Waals surface area contributed by atoms with Gasteiger partial charge in [-0.2, -0.15) is 4.37 Å². The first-order valence-corrected chi connectivity index (χ1v) is 8.03. The Balaban J connectivity index is 1.66. The van der Waals surface area contributed by atoms with E-state index in [0.29, 0.717) is 16.7 Å². The zero-order chi connectivity index (χ0) is 14.8. The smallest absolute Gasteiger partial charge is 0.295 e. The Bertz CT molecular complexity index is 645. The first-order valence-electron chi connectivity index (χ1n) is 7.26. The number of amides is 1. The van der Waals surface area contributed by atoms with E-state index in [9.17, 15) is 4.79 Å². The minimum Gasteiger partial charge on any atom is -0.435 e. The Kier molecular flexibility index (Phi) is 4.01. The van der Waals surface area contributed by atoms with Crippen LogP contribution in [0.2, 0.25) is 0 Å². The van der Waals surface area contributed by atoms with Crippen molar-refractivity contribution in [3.05, 3.63) is 23.2 Å². The Hall–Kier alpha value is -1.76. The fraction of sp³-hybridized carbons (Fsp3) is 0.571. The van der Waals surface area contributed by atoms with Gasteiger partial charge in [-0.1, -0.05) is 6.92 Å². The Morgan fingerprint density at radius 1 is 1.43 bits per heavy atom. The van der Waals surface area contributed by atoms with Gasteiger partial charge in [-0.3, -0.25) is 10.1 Å². The van der Waals surface area contributed by atoms with Gasteiger partial charge in [0.25, 0.3) is 5.91 Å². The van der Waals surface area contributed by atoms with Crippen LogP contribution < -0.4 is 5.32 Å². The molecule has 0 saturated heterocycles. The van der Waals surface area contributed by atoms with Crippen LogP contribution in [0.4, 0.5) is 5.13 Å². The van der Waals surface area contributed by atoms with Crippen molar-refractivity contribution in [2.45, 2.75) is 46.0 Å². The van der Waals surface area contributed by atoms with Crippen molar-refractivity contribution >= 4 is 22.6 Å². The molecule has 7 heteroatoms. The Morgan fingerprint density at radius 2 is 2.24 bits per heavy atom. The summed E-state index contributed by atoms with van der Waals surface area (Å²) in [6, 6.07) is 0. The van der Waals surface area contributed by atoms with Gasteiger partial charge in [0.2, 0.25) is 10.9 Å². The second kappa shape index (κ2) is 5.93. The van der Waals surface area contributed by atoms with Crippen LogP contribution in [0.15, 0.2) is 4.42 Å². The number of rotatable bonds is 6. The van der Waals surface area contributed by atoms with E-state index in [2.05, 4.69) is 19.7 Å². The van der Waals surface area contributed by atoms with Crippen LogP contribution in [-0.4, -0.2) is 20.2 Å². The van der Waals surface area contributed by atoms with Crippen LogP contribution in [0, 0.1) is 12.8 Å². The summed E-state index contributed by atoms with van der Waals surface area (Å²) in [5.41, 5.74) is 0.610. The van der Waals surface area contributed by atoms with Crippen molar-refractivity contribution in [2.24, 2.45) is 5.92 Å². The summed E-state index contributed by atoms with van der Waals surface area (Å²) in [5, 5.41) is 3.26. The van der Waals surface area contributed by atoms with Crippen molar-refractivity contribution in [3.8, 4) is 0 Å². The number of hydrogen-bond donors (Lipinski definition) is 1. The molecule has 1 fully saturated rings. The molecular formula is C14H18N4O2S. The van der Waals surface area contributed by atoms with Crippen molar-refractivity contribution in [3.63, 3.8) is 0 Å². The zero-order valence-corrected chi connectivity index (χ0v) is 13.0. The number of carbonyl (C=O) groups is 1. The van der Waals surface area contributed by atoms with Crippen molar-refractivity contribution < 1.29 is 9.21 Å². The maximum Gasteiger partial charge on any atom is 0.295 e. The molecule has 0 aliphatic heterocycles. The minimum absolute atomic E-state index is 0.261. The molecule has 3 rings (SSSR count). The molecule has 112 valence electrons. The van der Waals surface area contributed by atoms with Gasteiger partial charge in [0, 0.05) is 24.4 Å². The summed E-state index contributed by atoms with van der Waals surface area (Å²) in [6.45, 7) is 3.82. The number of carbonyl (C=O) groups excluding carboxylic acids is 1. The number of anilines is 1. The molecule has 0 spiro atoms. The molecule has 1 aliphatic carbocycles. The zero-order valence-electron chi connectivity index (χ0n) is 12.2. The highest BCUT2D eigenvalue weighted by atomic mass is 32.1. The third-order valence-corrected chi connectivity index (χ3v) is 4.04. The second-order valence-electron chi connectivity index (χ2n) is 5.39. The third-order valence-electron chi connectivity index (χ3n) is 3.37. The lowest BCUT2D eigenvalue weighted by atomic mass is 10.3. The molecule has 1 amide bonds. The molecule has 1 aliphatic rings. The monoisotopic (exact) mass is 306 g/mol. The normalized spacial score (nSPS) is 14.4. The van der Waals surface area contributed by atoms with E-state index in [1.165, 1.54) is 24.4 Å². The standard InChI is InChI=1S/C14H18N4O2S/c1-3-4-11-15-8(2)12(20-11)13(19)17-14-16-10(18-21-14)7-9-5-6-9/h9H,3-7H2,1-2H3,(H,16,17,18,19). The number of aryl methyl sites for hydroxylation is 2. The van der Waals surface area contributed by atoms with Crippen molar-refractivity contribution in [1.29, 1.82) is 0 Å². The highest BCUT2D eigenvalue weighted by Gasteiger charge is 2.24. The van der Waals surface area contributed by atoms with Crippen molar-refractivity contribution in [1.82, 2.24) is 14.3 Å². The second-order valence-corrected chi connectivity index (χ2v) is 6.14. The molecule has 0 unspecified atom stereocenters. The van der Waals surface area contributed by atoms with Crippen LogP contribution in [-0.2, 0) is 12.8 Å². The van der Waals surface area contributed by atoms with Gasteiger partial charge in [-0.15, -0.1) is 0 Å². The number of nitrogens with zero attached hydrogens (tertiary/aromatic N) is 3. The molecule has 1 saturated carbocycles. The van der Waals surface area contributed by atoms with E-state index >= 15 is 0 Å². The highest BCUT2D eigenvalue weighted by Crippen LogP contribution is 2.32. The minimum atomic E-state index is -0.309. The van der Waals surface area contributed by atoms with Gasteiger partial charge in [0.15, 0.2) is 5.89 Å². The molecular weight excluding hydrogens is 288 g/mol. The first-order chi connectivity index (χ1) is 10.2. The van der Waals surface area contributed by atoms with Crippen LogP contribution in [0.1, 0.15) is 54.2 Å². The average Bonchev–Trinajstić information content (AvgIpc) is 3.02. The number of oxazole rings is 1. The molecule has 0 atom stereocenters. The summed E-state index contributed by atoms with van der Waals surface area (Å²) in [4.78, 5) is 20.8.